The highest BCUT2D eigenvalue weighted by Crippen LogP contribution is 2.71. The number of thioether (sulfide) groups is 1. The number of rotatable bonds is 5. The zero-order valence-corrected chi connectivity index (χ0v) is 25.1. The van der Waals surface area contributed by atoms with Gasteiger partial charge in [-0.1, -0.05) is 19.4 Å². The van der Waals surface area contributed by atoms with Crippen LogP contribution in [0.5, 0.6) is 0 Å². The van der Waals surface area contributed by atoms with E-state index >= 15 is 4.39 Å². The number of allylic oxidation sites excluding steroid dienone is 1. The molecule has 0 bridgehead atoms. The van der Waals surface area contributed by atoms with Crippen LogP contribution in [0.15, 0.2) is 53.1 Å². The number of aliphatic hydroxyl groups excluding tert-OH is 1. The number of benzene rings is 1. The Hall–Kier alpha value is -3.38. The van der Waals surface area contributed by atoms with E-state index in [-0.39, 0.29) is 24.4 Å². The number of ether oxygens (including phenoxy) is 1. The number of nitrogens with zero attached hydrogens (tertiary/aromatic N) is 3. The molecule has 12 heteroatoms. The summed E-state index contributed by atoms with van der Waals surface area (Å²) in [7, 11) is 0. The number of hydrogen-bond acceptors (Lipinski definition) is 8. The van der Waals surface area contributed by atoms with E-state index in [1.807, 2.05) is 13.0 Å². The highest BCUT2D eigenvalue weighted by molar-refractivity contribution is 8.13. The van der Waals surface area contributed by atoms with Gasteiger partial charge in [-0.25, -0.2) is 27.6 Å². The van der Waals surface area contributed by atoms with E-state index in [9.17, 15) is 23.5 Å². The average molecular weight is 628 g/mol. The first-order valence-electron chi connectivity index (χ1n) is 14.7. The molecule has 4 aliphatic rings. The van der Waals surface area contributed by atoms with Crippen LogP contribution < -0.4 is 0 Å². The fourth-order valence-corrected chi connectivity index (χ4v) is 9.77. The molecule has 2 aromatic heterocycles. The van der Waals surface area contributed by atoms with Gasteiger partial charge in [0, 0.05) is 16.7 Å². The molecule has 8 nitrogen and oxygen atoms in total. The number of carbonyl (C=O) groups is 2. The van der Waals surface area contributed by atoms with E-state index in [1.54, 1.807) is 29.9 Å². The van der Waals surface area contributed by atoms with Crippen molar-refractivity contribution in [3.63, 3.8) is 0 Å². The second-order valence-electron chi connectivity index (χ2n) is 12.9. The Morgan fingerprint density at radius 3 is 2.68 bits per heavy atom. The second-order valence-corrected chi connectivity index (χ2v) is 13.8. The summed E-state index contributed by atoms with van der Waals surface area (Å²) < 4.78 is 57.8. The zero-order valence-electron chi connectivity index (χ0n) is 24.3. The van der Waals surface area contributed by atoms with Crippen molar-refractivity contribution in [2.45, 2.75) is 69.7 Å². The summed E-state index contributed by atoms with van der Waals surface area (Å²) in [5, 5.41) is 15.8. The first-order chi connectivity index (χ1) is 21.0. The maximum absolute atomic E-state index is 18.1. The van der Waals surface area contributed by atoms with E-state index in [2.05, 4.69) is 10.1 Å². The number of fused-ring (bicyclic) bond motifs is 6. The summed E-state index contributed by atoms with van der Waals surface area (Å²) in [6.07, 6.45) is 5.87. The number of aromatic nitrogens is 3. The van der Waals surface area contributed by atoms with Gasteiger partial charge >= 0.3 is 5.97 Å². The summed E-state index contributed by atoms with van der Waals surface area (Å²) in [6.45, 7) is 3.62. The monoisotopic (exact) mass is 627 g/mol. The molecule has 44 heavy (non-hydrogen) atoms. The molecule has 232 valence electrons. The Bertz CT molecular complexity index is 1660. The van der Waals surface area contributed by atoms with Crippen LogP contribution >= 0.6 is 11.8 Å². The lowest BCUT2D eigenvalue weighted by atomic mass is 9.44. The SMILES string of the molecule is C[C@]12Cc3cnn(-c4ccc(F)cc4)c3C=C1CC[C@H]1[C@@H]3CC[C@](OC(=O)c4cocn4)(C(=O)SCF)[C@@]3(C)C[C@H](O)[C@@]12F. The Balaban J connectivity index is 1.26. The third kappa shape index (κ3) is 3.82. The Morgan fingerprint density at radius 1 is 1.20 bits per heavy atom. The third-order valence-corrected chi connectivity index (χ3v) is 11.9. The Labute approximate surface area is 256 Å². The average Bonchev–Trinajstić information content (AvgIpc) is 3.73. The van der Waals surface area contributed by atoms with Crippen molar-refractivity contribution in [1.29, 1.82) is 0 Å². The van der Waals surface area contributed by atoms with Crippen molar-refractivity contribution in [2.75, 3.05) is 6.01 Å². The molecule has 2 heterocycles. The number of aliphatic hydroxyl groups is 1. The van der Waals surface area contributed by atoms with Crippen LogP contribution in [0.1, 0.15) is 67.7 Å². The van der Waals surface area contributed by atoms with Crippen LogP contribution in [-0.2, 0) is 16.0 Å². The van der Waals surface area contributed by atoms with Crippen LogP contribution in [0.2, 0.25) is 0 Å². The normalized spacial score (nSPS) is 35.6. The molecule has 7 atom stereocenters. The lowest BCUT2D eigenvalue weighted by molar-refractivity contribution is -0.222. The van der Waals surface area contributed by atoms with Crippen molar-refractivity contribution >= 4 is 28.9 Å². The van der Waals surface area contributed by atoms with Gasteiger partial charge in [-0.15, -0.1) is 0 Å². The molecule has 0 amide bonds. The van der Waals surface area contributed by atoms with E-state index < -0.39 is 57.1 Å². The van der Waals surface area contributed by atoms with Gasteiger partial charge in [0.05, 0.1) is 23.7 Å². The fourth-order valence-electron chi connectivity index (χ4n) is 9.07. The van der Waals surface area contributed by atoms with Gasteiger partial charge in [-0.2, -0.15) is 5.10 Å². The number of halogens is 3. The lowest BCUT2D eigenvalue weighted by Crippen LogP contribution is -2.70. The summed E-state index contributed by atoms with van der Waals surface area (Å²) in [5.41, 5.74) is -3.03. The van der Waals surface area contributed by atoms with Crippen molar-refractivity contribution < 1.29 is 37.0 Å². The van der Waals surface area contributed by atoms with Crippen LogP contribution in [0.4, 0.5) is 13.2 Å². The van der Waals surface area contributed by atoms with Gasteiger partial charge in [0.2, 0.25) is 5.12 Å². The molecular weight excluding hydrogens is 595 g/mol. The molecule has 0 spiro atoms. The molecule has 7 rings (SSSR count). The highest BCUT2D eigenvalue weighted by Gasteiger charge is 2.76. The van der Waals surface area contributed by atoms with Crippen molar-refractivity contribution in [1.82, 2.24) is 14.8 Å². The molecule has 3 saturated carbocycles. The fraction of sp³-hybridized carbons (Fsp3) is 0.500. The van der Waals surface area contributed by atoms with Gasteiger partial charge in [-0.05, 0) is 92.1 Å². The Kier molecular flexibility index (Phi) is 6.71. The second kappa shape index (κ2) is 10.1. The standard InChI is InChI=1S/C32H32F3N3O5S/c1-29-12-18-14-37-38(21-6-4-20(34)5-7-21)25(18)11-19(29)3-8-23-22-9-10-31(28(41)44-16-33,43-27(40)24-15-42-17-36-24)30(22,2)13-26(39)32(23,29)35/h4-7,11,14-15,17,22-23,26,39H,3,8-10,12-13,16H2,1-2H3/t22-,23-,26-,29-,30-,31-,32-/m0/s1. The third-order valence-electron chi connectivity index (χ3n) is 11.2. The number of alkyl halides is 2. The molecule has 0 saturated heterocycles. The van der Waals surface area contributed by atoms with Crippen LogP contribution in [0.3, 0.4) is 0 Å². The summed E-state index contributed by atoms with van der Waals surface area (Å²) in [5.74, 6) is -2.32. The molecule has 3 aromatic rings. The van der Waals surface area contributed by atoms with Crippen LogP contribution in [-0.4, -0.2) is 54.3 Å². The molecule has 0 radical (unpaired) electrons. The summed E-state index contributed by atoms with van der Waals surface area (Å²) in [6, 6.07) is 4.99. The minimum absolute atomic E-state index is 0.0802. The zero-order chi connectivity index (χ0) is 31.1. The van der Waals surface area contributed by atoms with E-state index in [0.717, 1.165) is 29.5 Å². The first kappa shape index (κ1) is 29.3. The van der Waals surface area contributed by atoms with E-state index in [1.165, 1.54) is 12.1 Å². The minimum Gasteiger partial charge on any atom is -0.451 e. The van der Waals surface area contributed by atoms with E-state index in [0.29, 0.717) is 43.1 Å². The van der Waals surface area contributed by atoms with Gasteiger partial charge in [0.25, 0.3) is 0 Å². The molecule has 3 fully saturated rings. The molecule has 1 N–H and O–H groups in total. The van der Waals surface area contributed by atoms with Gasteiger partial charge in [0.15, 0.2) is 17.7 Å². The smallest absolute Gasteiger partial charge is 0.361 e. The van der Waals surface area contributed by atoms with Crippen LogP contribution in [0.25, 0.3) is 11.8 Å². The molecule has 0 aliphatic heterocycles. The van der Waals surface area contributed by atoms with Crippen molar-refractivity contribution in [3.8, 4) is 5.69 Å². The minimum atomic E-state index is -2.06. The molecule has 4 aliphatic carbocycles. The lowest BCUT2D eigenvalue weighted by Gasteiger charge is -2.63. The Morgan fingerprint density at radius 2 is 1.98 bits per heavy atom. The van der Waals surface area contributed by atoms with Gasteiger partial charge < -0.3 is 14.3 Å². The number of esters is 1. The van der Waals surface area contributed by atoms with E-state index in [4.69, 9.17) is 9.15 Å². The van der Waals surface area contributed by atoms with Crippen LogP contribution in [0, 0.1) is 28.5 Å². The quantitative estimate of drug-likeness (QED) is 0.342. The topological polar surface area (TPSA) is 107 Å². The summed E-state index contributed by atoms with van der Waals surface area (Å²) >= 11 is 0.420. The number of carbonyl (C=O) groups excluding carboxylic acids is 2. The highest BCUT2D eigenvalue weighted by atomic mass is 32.2. The molecule has 1 aromatic carbocycles. The predicted molar refractivity (Wildman–Crippen MR) is 155 cm³/mol. The van der Waals surface area contributed by atoms with Gasteiger partial charge in [-0.3, -0.25) is 4.79 Å². The molecular formula is C32H32F3N3O5S. The van der Waals surface area contributed by atoms with Crippen molar-refractivity contribution in [3.05, 3.63) is 71.5 Å². The van der Waals surface area contributed by atoms with Crippen molar-refractivity contribution in [2.24, 2.45) is 22.7 Å². The maximum Gasteiger partial charge on any atom is 0.361 e. The van der Waals surface area contributed by atoms with Gasteiger partial charge in [0.1, 0.15) is 23.8 Å². The number of hydrogen-bond donors (Lipinski definition) is 1. The maximum atomic E-state index is 18.1. The predicted octanol–water partition coefficient (Wildman–Crippen LogP) is 6.03. The number of oxazole rings is 1. The first-order valence-corrected chi connectivity index (χ1v) is 15.7. The molecule has 0 unspecified atom stereocenters. The largest absolute Gasteiger partial charge is 0.451 e. The summed E-state index contributed by atoms with van der Waals surface area (Å²) in [4.78, 5) is 30.6.